The van der Waals surface area contributed by atoms with E-state index in [2.05, 4.69) is 65.8 Å². The molecule has 0 heterocycles. The Kier molecular flexibility index (Phi) is 4.36. The second kappa shape index (κ2) is 6.38. The van der Waals surface area contributed by atoms with Crippen LogP contribution in [-0.4, -0.2) is 11.6 Å². The van der Waals surface area contributed by atoms with Crippen molar-refractivity contribution >= 4 is 43.9 Å². The van der Waals surface area contributed by atoms with Crippen molar-refractivity contribution in [1.82, 2.24) is 0 Å². The van der Waals surface area contributed by atoms with E-state index in [0.29, 0.717) is 0 Å². The number of hydrogen-bond donors (Lipinski definition) is 0. The normalized spacial score (nSPS) is 12.9. The molecule has 0 aromatic heterocycles. The Morgan fingerprint density at radius 3 is 1.17 bits per heavy atom. The van der Waals surface area contributed by atoms with Crippen LogP contribution in [0.25, 0.3) is 32.3 Å². The predicted octanol–water partition coefficient (Wildman–Crippen LogP) is 7.58. The van der Waals surface area contributed by atoms with Gasteiger partial charge in [0.15, 0.2) is 11.6 Å². The van der Waals surface area contributed by atoms with Gasteiger partial charge < -0.3 is 0 Å². The van der Waals surface area contributed by atoms with Gasteiger partial charge in [0.2, 0.25) is 0 Å². The van der Waals surface area contributed by atoms with Gasteiger partial charge in [-0.3, -0.25) is 9.59 Å². The van der Waals surface area contributed by atoms with E-state index in [1.165, 1.54) is 11.1 Å². The average molecular weight is 399 g/mol. The van der Waals surface area contributed by atoms with E-state index in [0.717, 1.165) is 43.4 Å². The van der Waals surface area contributed by atoms with Gasteiger partial charge in [-0.25, -0.2) is 0 Å². The minimum absolute atomic E-state index is 0.0612. The molecule has 0 spiro atoms. The van der Waals surface area contributed by atoms with Crippen LogP contribution in [0, 0.1) is 0 Å². The summed E-state index contributed by atoms with van der Waals surface area (Å²) in [4.78, 5) is 25.3. The van der Waals surface area contributed by atoms with Gasteiger partial charge in [-0.1, -0.05) is 53.7 Å². The summed E-state index contributed by atoms with van der Waals surface area (Å²) in [7, 11) is 0. The highest BCUT2D eigenvalue weighted by molar-refractivity contribution is 6.30. The number of rotatable bonds is 2. The number of carbonyl (C=O) groups is 2. The minimum Gasteiger partial charge on any atom is -0.294 e. The molecule has 2 heteroatoms. The summed E-state index contributed by atoms with van der Waals surface area (Å²) < 4.78 is 0. The molecule has 4 rings (SSSR count). The van der Waals surface area contributed by atoms with Crippen molar-refractivity contribution in [2.24, 2.45) is 0 Å². The molecule has 2 nitrogen and oxygen atoms in total. The first-order valence-corrected chi connectivity index (χ1v) is 10.6. The Labute approximate surface area is 178 Å². The first-order chi connectivity index (χ1) is 13.8. The molecule has 4 aromatic carbocycles. The van der Waals surface area contributed by atoms with Gasteiger partial charge in [0.25, 0.3) is 0 Å². The first-order valence-electron chi connectivity index (χ1n) is 10.6. The highest BCUT2D eigenvalue weighted by Crippen LogP contribution is 2.42. The summed E-state index contributed by atoms with van der Waals surface area (Å²) in [5.41, 5.74) is 3.72. The fraction of sp³-hybridized carbons (Fsp3) is 0.357. The van der Waals surface area contributed by atoms with Crippen LogP contribution in [0.15, 0.2) is 36.4 Å². The third-order valence-electron chi connectivity index (χ3n) is 6.26. The van der Waals surface area contributed by atoms with Crippen molar-refractivity contribution in [1.29, 1.82) is 0 Å². The fourth-order valence-electron chi connectivity index (χ4n) is 4.45. The van der Waals surface area contributed by atoms with E-state index in [-0.39, 0.29) is 22.4 Å². The molecular weight excluding hydrogens is 368 g/mol. The van der Waals surface area contributed by atoms with E-state index >= 15 is 0 Å². The van der Waals surface area contributed by atoms with Crippen LogP contribution in [0.4, 0.5) is 0 Å². The van der Waals surface area contributed by atoms with Crippen LogP contribution in [0.5, 0.6) is 0 Å². The Morgan fingerprint density at radius 2 is 0.900 bits per heavy atom. The van der Waals surface area contributed by atoms with Crippen LogP contribution in [0.3, 0.4) is 0 Å². The lowest BCUT2D eigenvalue weighted by Crippen LogP contribution is -2.13. The summed E-state index contributed by atoms with van der Waals surface area (Å²) in [6.45, 7) is 16.3. The molecular formula is C28H30O2. The summed E-state index contributed by atoms with van der Waals surface area (Å²) in [6, 6.07) is 12.8. The van der Waals surface area contributed by atoms with Crippen molar-refractivity contribution in [3.8, 4) is 0 Å². The summed E-state index contributed by atoms with van der Waals surface area (Å²) in [5, 5.41) is 6.22. The molecule has 4 aromatic rings. The van der Waals surface area contributed by atoms with Crippen LogP contribution in [0.1, 0.15) is 87.2 Å². The van der Waals surface area contributed by atoms with Gasteiger partial charge in [0.1, 0.15) is 0 Å². The molecule has 0 fully saturated rings. The quantitative estimate of drug-likeness (QED) is 0.257. The molecule has 0 aliphatic carbocycles. The minimum atomic E-state index is -0.0612. The third-order valence-corrected chi connectivity index (χ3v) is 6.26. The van der Waals surface area contributed by atoms with Crippen LogP contribution >= 0.6 is 0 Å². The molecule has 154 valence electrons. The molecule has 0 radical (unpaired) electrons. The van der Waals surface area contributed by atoms with Crippen molar-refractivity contribution in [3.05, 3.63) is 58.7 Å². The molecule has 0 saturated carbocycles. The lowest BCUT2D eigenvalue weighted by Gasteiger charge is -2.25. The lowest BCUT2D eigenvalue weighted by molar-refractivity contribution is 0.101. The number of carbonyl (C=O) groups excluding carboxylic acids is 2. The Morgan fingerprint density at radius 1 is 0.567 bits per heavy atom. The first kappa shape index (κ1) is 20.5. The van der Waals surface area contributed by atoms with E-state index in [4.69, 9.17) is 0 Å². The number of hydrogen-bond acceptors (Lipinski definition) is 2. The molecule has 0 saturated heterocycles. The van der Waals surface area contributed by atoms with Gasteiger partial charge >= 0.3 is 0 Å². The Balaban J connectivity index is 2.33. The largest absolute Gasteiger partial charge is 0.294 e. The number of ketones is 2. The number of benzene rings is 4. The van der Waals surface area contributed by atoms with Crippen LogP contribution in [0.2, 0.25) is 0 Å². The third kappa shape index (κ3) is 3.10. The SMILES string of the molecule is CC(=O)c1cc2cc(C(C)(C)C)cc3c(C(C)=O)cc4cc(C(C)(C)C)cc1c4c23. The van der Waals surface area contributed by atoms with E-state index in [1.54, 1.807) is 13.8 Å². The van der Waals surface area contributed by atoms with Gasteiger partial charge in [0, 0.05) is 11.1 Å². The van der Waals surface area contributed by atoms with E-state index in [9.17, 15) is 9.59 Å². The highest BCUT2D eigenvalue weighted by atomic mass is 16.1. The van der Waals surface area contributed by atoms with Crippen molar-refractivity contribution < 1.29 is 9.59 Å². The maximum absolute atomic E-state index is 12.7. The highest BCUT2D eigenvalue weighted by Gasteiger charge is 2.24. The molecule has 30 heavy (non-hydrogen) atoms. The zero-order valence-corrected chi connectivity index (χ0v) is 19.3. The second-order valence-electron chi connectivity index (χ2n) is 10.7. The summed E-state index contributed by atoms with van der Waals surface area (Å²) >= 11 is 0. The molecule has 0 unspecified atom stereocenters. The molecule has 0 atom stereocenters. The monoisotopic (exact) mass is 398 g/mol. The van der Waals surface area contributed by atoms with Crippen molar-refractivity contribution in [2.75, 3.05) is 0 Å². The van der Waals surface area contributed by atoms with Gasteiger partial charge in [-0.15, -0.1) is 0 Å². The fourth-order valence-corrected chi connectivity index (χ4v) is 4.45. The molecule has 0 N–H and O–H groups in total. The molecule has 0 aliphatic rings. The maximum Gasteiger partial charge on any atom is 0.160 e. The number of Topliss-reactive ketones (excluding diaryl/α,β-unsaturated/α-hetero) is 2. The molecule has 0 aliphatic heterocycles. The van der Waals surface area contributed by atoms with E-state index in [1.807, 2.05) is 12.1 Å². The second-order valence-corrected chi connectivity index (χ2v) is 10.7. The summed E-state index contributed by atoms with van der Waals surface area (Å²) in [6.07, 6.45) is 0. The molecule has 0 amide bonds. The Bertz CT molecular complexity index is 1240. The summed E-state index contributed by atoms with van der Waals surface area (Å²) in [5.74, 6) is 0.135. The average Bonchev–Trinajstić information content (AvgIpc) is 2.62. The smallest absolute Gasteiger partial charge is 0.160 e. The van der Waals surface area contributed by atoms with Crippen LogP contribution < -0.4 is 0 Å². The topological polar surface area (TPSA) is 34.1 Å². The zero-order valence-electron chi connectivity index (χ0n) is 19.3. The predicted molar refractivity (Wildman–Crippen MR) is 128 cm³/mol. The van der Waals surface area contributed by atoms with Gasteiger partial charge in [-0.2, -0.15) is 0 Å². The van der Waals surface area contributed by atoms with Crippen molar-refractivity contribution in [3.63, 3.8) is 0 Å². The van der Waals surface area contributed by atoms with Gasteiger partial charge in [0.05, 0.1) is 0 Å². The van der Waals surface area contributed by atoms with Crippen LogP contribution in [-0.2, 0) is 10.8 Å². The molecule has 0 bridgehead atoms. The zero-order chi connectivity index (χ0) is 22.2. The van der Waals surface area contributed by atoms with E-state index < -0.39 is 0 Å². The Hall–Kier alpha value is -2.74. The lowest BCUT2D eigenvalue weighted by atomic mass is 9.79. The van der Waals surface area contributed by atoms with Gasteiger partial charge in [-0.05, 0) is 92.4 Å². The van der Waals surface area contributed by atoms with Crippen molar-refractivity contribution in [2.45, 2.75) is 66.2 Å². The maximum atomic E-state index is 12.7. The standard InChI is InChI=1S/C28H30O2/c1-15(29)21-11-17-9-20(28(6,7)8)14-24-22(16(2)30)12-18-10-19(27(3,4)5)13-23(21)25(18)26(17)24/h9-14H,1-8H3.